The maximum Gasteiger partial charge on any atom is 0.231 e. The van der Waals surface area contributed by atoms with E-state index in [1.54, 1.807) is 32.4 Å². The molecule has 2 aromatic rings. The van der Waals surface area contributed by atoms with Gasteiger partial charge in [-0.2, -0.15) is 0 Å². The molecule has 2 aromatic carbocycles. The Morgan fingerprint density at radius 3 is 2.69 bits per heavy atom. The van der Waals surface area contributed by atoms with E-state index in [-0.39, 0.29) is 17.9 Å². The summed E-state index contributed by atoms with van der Waals surface area (Å²) in [6, 6.07) is 15.3. The summed E-state index contributed by atoms with van der Waals surface area (Å²) in [7, 11) is 3.10. The summed E-state index contributed by atoms with van der Waals surface area (Å²) in [5.74, 6) is -0.210. The second-order valence-electron chi connectivity index (χ2n) is 8.45. The highest BCUT2D eigenvalue weighted by Crippen LogP contribution is 2.52. The van der Waals surface area contributed by atoms with Crippen LogP contribution in [0.4, 0.5) is 5.69 Å². The monoisotopic (exact) mass is 434 g/mol. The summed E-state index contributed by atoms with van der Waals surface area (Å²) >= 11 is 0. The van der Waals surface area contributed by atoms with Gasteiger partial charge in [0.05, 0.1) is 38.7 Å². The van der Waals surface area contributed by atoms with Crippen LogP contribution in [0.2, 0.25) is 0 Å². The summed E-state index contributed by atoms with van der Waals surface area (Å²) < 4.78 is 16.8. The first-order chi connectivity index (χ1) is 15.5. The minimum absolute atomic E-state index is 0.0137. The highest BCUT2D eigenvalue weighted by molar-refractivity contribution is 5.99. The van der Waals surface area contributed by atoms with Crippen molar-refractivity contribution in [1.29, 1.82) is 0 Å². The molecule has 2 amide bonds. The van der Waals surface area contributed by atoms with E-state index in [2.05, 4.69) is 17.4 Å². The quantitative estimate of drug-likeness (QED) is 0.678. The topological polar surface area (TPSA) is 77.1 Å². The van der Waals surface area contributed by atoms with Crippen LogP contribution in [0.25, 0.3) is 0 Å². The van der Waals surface area contributed by atoms with E-state index >= 15 is 0 Å². The third kappa shape index (κ3) is 3.33. The van der Waals surface area contributed by atoms with Crippen LogP contribution in [0.1, 0.15) is 5.56 Å². The lowest BCUT2D eigenvalue weighted by Gasteiger charge is -2.23. The zero-order valence-electron chi connectivity index (χ0n) is 18.1. The van der Waals surface area contributed by atoms with E-state index < -0.39 is 17.4 Å². The average Bonchev–Trinajstić information content (AvgIpc) is 3.46. The number of benzene rings is 2. The molecule has 2 bridgehead atoms. The Bertz CT molecular complexity index is 1070. The number of nitrogens with zero attached hydrogens (tertiary/aromatic N) is 1. The van der Waals surface area contributed by atoms with Crippen LogP contribution in [0.5, 0.6) is 11.5 Å². The van der Waals surface area contributed by atoms with Gasteiger partial charge < -0.3 is 24.4 Å². The molecule has 3 heterocycles. The highest BCUT2D eigenvalue weighted by Gasteiger charge is 2.66. The van der Waals surface area contributed by atoms with Crippen LogP contribution in [-0.4, -0.2) is 55.7 Å². The van der Waals surface area contributed by atoms with Crippen molar-refractivity contribution in [2.45, 2.75) is 18.1 Å². The second-order valence-corrected chi connectivity index (χ2v) is 8.45. The van der Waals surface area contributed by atoms with Crippen molar-refractivity contribution < 1.29 is 23.8 Å². The zero-order valence-corrected chi connectivity index (χ0v) is 18.1. The second kappa shape index (κ2) is 7.98. The van der Waals surface area contributed by atoms with Gasteiger partial charge in [-0.05, 0) is 24.1 Å². The highest BCUT2D eigenvalue weighted by atomic mass is 16.5. The lowest BCUT2D eigenvalue weighted by Crippen LogP contribution is -2.41. The summed E-state index contributed by atoms with van der Waals surface area (Å²) in [4.78, 5) is 28.4. The zero-order chi connectivity index (χ0) is 22.3. The molecule has 1 N–H and O–H groups in total. The maximum atomic E-state index is 13.3. The predicted octanol–water partition coefficient (Wildman–Crippen LogP) is 2.67. The molecule has 32 heavy (non-hydrogen) atoms. The Morgan fingerprint density at radius 2 is 1.94 bits per heavy atom. The van der Waals surface area contributed by atoms with Gasteiger partial charge in [-0.3, -0.25) is 9.59 Å². The molecule has 4 atom stereocenters. The van der Waals surface area contributed by atoms with Crippen molar-refractivity contribution in [3.05, 3.63) is 66.2 Å². The SMILES string of the molecule is COc1ccc(NC(=O)[C@H]2[C@H]3C=C[C@]4(CN(CCc5ccccc5)C(=O)[C@@H]24)O3)cc1OC. The summed E-state index contributed by atoms with van der Waals surface area (Å²) in [5.41, 5.74) is 1.05. The molecule has 0 unspecified atom stereocenters. The van der Waals surface area contributed by atoms with Gasteiger partial charge in [0.25, 0.3) is 0 Å². The van der Waals surface area contributed by atoms with Gasteiger partial charge in [0, 0.05) is 18.3 Å². The van der Waals surface area contributed by atoms with Gasteiger partial charge in [-0.25, -0.2) is 0 Å². The van der Waals surface area contributed by atoms with Crippen LogP contribution in [0.3, 0.4) is 0 Å². The fourth-order valence-corrected chi connectivity index (χ4v) is 5.12. The number of hydrogen-bond acceptors (Lipinski definition) is 5. The van der Waals surface area contributed by atoms with E-state index in [1.807, 2.05) is 35.3 Å². The number of carbonyl (C=O) groups excluding carboxylic acids is 2. The molecular formula is C25H26N2O5. The fraction of sp³-hybridized carbons (Fsp3) is 0.360. The van der Waals surface area contributed by atoms with Crippen molar-refractivity contribution in [3.63, 3.8) is 0 Å². The van der Waals surface area contributed by atoms with Crippen molar-refractivity contribution in [3.8, 4) is 11.5 Å². The normalized spacial score (nSPS) is 27.5. The van der Waals surface area contributed by atoms with Gasteiger partial charge in [-0.1, -0.05) is 42.5 Å². The third-order valence-electron chi connectivity index (χ3n) is 6.65. The summed E-state index contributed by atoms with van der Waals surface area (Å²) in [5, 5.41) is 2.94. The van der Waals surface area contributed by atoms with E-state index in [0.29, 0.717) is 30.3 Å². The average molecular weight is 434 g/mol. The summed E-state index contributed by atoms with van der Waals surface area (Å²) in [6.45, 7) is 1.09. The molecule has 0 radical (unpaired) electrons. The first kappa shape index (κ1) is 20.6. The van der Waals surface area contributed by atoms with Crippen LogP contribution in [-0.2, 0) is 20.7 Å². The van der Waals surface area contributed by atoms with Crippen molar-refractivity contribution in [2.24, 2.45) is 11.8 Å². The van der Waals surface area contributed by atoms with E-state index in [9.17, 15) is 9.59 Å². The molecule has 2 saturated heterocycles. The van der Waals surface area contributed by atoms with Gasteiger partial charge in [0.1, 0.15) is 5.60 Å². The summed E-state index contributed by atoms with van der Waals surface area (Å²) in [6.07, 6.45) is 4.28. The van der Waals surface area contributed by atoms with E-state index in [1.165, 1.54) is 5.56 Å². The lowest BCUT2D eigenvalue weighted by atomic mass is 9.77. The number of methoxy groups -OCH3 is 2. The van der Waals surface area contributed by atoms with Crippen LogP contribution < -0.4 is 14.8 Å². The first-order valence-corrected chi connectivity index (χ1v) is 10.8. The first-order valence-electron chi connectivity index (χ1n) is 10.8. The minimum Gasteiger partial charge on any atom is -0.493 e. The number of nitrogens with one attached hydrogen (secondary N) is 1. The molecule has 2 fully saturated rings. The van der Waals surface area contributed by atoms with Crippen LogP contribution in [0, 0.1) is 11.8 Å². The van der Waals surface area contributed by atoms with Crippen molar-refractivity contribution in [2.75, 3.05) is 32.6 Å². The van der Waals surface area contributed by atoms with Crippen molar-refractivity contribution in [1.82, 2.24) is 4.90 Å². The van der Waals surface area contributed by atoms with Gasteiger partial charge >= 0.3 is 0 Å². The number of anilines is 1. The largest absolute Gasteiger partial charge is 0.493 e. The lowest BCUT2D eigenvalue weighted by molar-refractivity contribution is -0.135. The molecule has 7 nitrogen and oxygen atoms in total. The number of hydrogen-bond donors (Lipinski definition) is 1. The molecule has 3 aliphatic heterocycles. The smallest absolute Gasteiger partial charge is 0.231 e. The number of rotatable bonds is 7. The molecule has 1 spiro atoms. The Balaban J connectivity index is 1.32. The van der Waals surface area contributed by atoms with Gasteiger partial charge in [0.15, 0.2) is 11.5 Å². The van der Waals surface area contributed by atoms with Crippen LogP contribution >= 0.6 is 0 Å². The molecule has 0 aromatic heterocycles. The number of likely N-dealkylation sites (tertiary alicyclic amines) is 1. The molecule has 166 valence electrons. The predicted molar refractivity (Wildman–Crippen MR) is 119 cm³/mol. The standard InChI is InChI=1S/C25H26N2O5/c1-30-18-9-8-17(14-20(18)31-2)26-23(28)21-19-10-12-25(32-19)15-27(24(29)22(21)25)13-11-16-6-4-3-5-7-16/h3-10,12,14,19,21-22H,11,13,15H2,1-2H3,(H,26,28)/t19-,21+,22-,25-/m1/s1. The minimum atomic E-state index is -0.710. The molecule has 0 saturated carbocycles. The number of ether oxygens (including phenoxy) is 3. The van der Waals surface area contributed by atoms with Crippen LogP contribution in [0.15, 0.2) is 60.7 Å². The fourth-order valence-electron chi connectivity index (χ4n) is 5.12. The molecule has 7 heteroatoms. The van der Waals surface area contributed by atoms with E-state index in [4.69, 9.17) is 14.2 Å². The maximum absolute atomic E-state index is 13.3. The Morgan fingerprint density at radius 1 is 1.16 bits per heavy atom. The molecule has 0 aliphatic carbocycles. The molecule has 3 aliphatic rings. The van der Waals surface area contributed by atoms with Gasteiger partial charge in [-0.15, -0.1) is 0 Å². The van der Waals surface area contributed by atoms with E-state index in [0.717, 1.165) is 6.42 Å². The number of carbonyl (C=O) groups is 2. The Kier molecular flexibility index (Phi) is 5.13. The van der Waals surface area contributed by atoms with Crippen molar-refractivity contribution >= 4 is 17.5 Å². The molecular weight excluding hydrogens is 408 g/mol. The Hall–Kier alpha value is -3.32. The molecule has 5 rings (SSSR count). The number of amides is 2. The Labute approximate surface area is 186 Å². The number of fused-ring (bicyclic) bond motifs is 1. The van der Waals surface area contributed by atoms with Gasteiger partial charge in [0.2, 0.25) is 11.8 Å². The third-order valence-corrected chi connectivity index (χ3v) is 6.65.